The van der Waals surface area contributed by atoms with Crippen LogP contribution < -0.4 is 5.56 Å². The summed E-state index contributed by atoms with van der Waals surface area (Å²) in [5, 5.41) is 4.32. The number of hydrogen-bond donors (Lipinski definition) is 0. The predicted octanol–water partition coefficient (Wildman–Crippen LogP) is 2.94. The minimum Gasteiger partial charge on any atom is -0.337 e. The smallest absolute Gasteiger partial charge is 0.274 e. The van der Waals surface area contributed by atoms with Crippen molar-refractivity contribution in [2.75, 3.05) is 7.05 Å². The van der Waals surface area contributed by atoms with Crippen LogP contribution in [0.3, 0.4) is 0 Å². The van der Waals surface area contributed by atoms with Crippen molar-refractivity contribution >= 4 is 5.91 Å². The molecule has 0 N–H and O–H groups in total. The van der Waals surface area contributed by atoms with Gasteiger partial charge in [0, 0.05) is 19.2 Å². The molecule has 0 aliphatic heterocycles. The van der Waals surface area contributed by atoms with E-state index in [-0.39, 0.29) is 17.5 Å². The van der Waals surface area contributed by atoms with Crippen molar-refractivity contribution in [3.8, 4) is 0 Å². The summed E-state index contributed by atoms with van der Waals surface area (Å²) in [5.41, 5.74) is 1.11. The second kappa shape index (κ2) is 7.64. The van der Waals surface area contributed by atoms with E-state index in [1.165, 1.54) is 23.2 Å². The van der Waals surface area contributed by atoms with Gasteiger partial charge in [-0.15, -0.1) is 0 Å². The van der Waals surface area contributed by atoms with Crippen LogP contribution in [0, 0.1) is 5.92 Å². The quantitative estimate of drug-likeness (QED) is 0.860. The van der Waals surface area contributed by atoms with Gasteiger partial charge in [-0.05, 0) is 30.4 Å². The van der Waals surface area contributed by atoms with E-state index >= 15 is 0 Å². The molecule has 0 bridgehead atoms. The van der Waals surface area contributed by atoms with E-state index in [0.29, 0.717) is 18.2 Å². The molecule has 1 aromatic heterocycles. The van der Waals surface area contributed by atoms with Crippen LogP contribution in [-0.2, 0) is 6.54 Å². The molecule has 2 atom stereocenters. The van der Waals surface area contributed by atoms with Gasteiger partial charge in [0.1, 0.15) is 5.69 Å². The van der Waals surface area contributed by atoms with Gasteiger partial charge in [0.15, 0.2) is 0 Å². The third-order valence-corrected chi connectivity index (χ3v) is 5.14. The van der Waals surface area contributed by atoms with Crippen LogP contribution in [0.4, 0.5) is 0 Å². The summed E-state index contributed by atoms with van der Waals surface area (Å²) in [6, 6.07) is 12.9. The highest BCUT2D eigenvalue weighted by Gasteiger charge is 2.29. The average molecular weight is 339 g/mol. The number of aromatic nitrogens is 2. The number of benzene rings is 1. The van der Waals surface area contributed by atoms with Gasteiger partial charge >= 0.3 is 0 Å². The Bertz CT molecular complexity index is 785. The minimum atomic E-state index is -0.200. The highest BCUT2D eigenvalue weighted by atomic mass is 16.2. The fourth-order valence-corrected chi connectivity index (χ4v) is 3.64. The number of carbonyl (C=O) groups excluding carboxylic acids is 1. The Kier molecular flexibility index (Phi) is 5.31. The number of rotatable bonds is 4. The molecule has 1 aromatic carbocycles. The van der Waals surface area contributed by atoms with Gasteiger partial charge in [0.05, 0.1) is 6.54 Å². The molecular weight excluding hydrogens is 314 g/mol. The van der Waals surface area contributed by atoms with Gasteiger partial charge in [0.25, 0.3) is 11.5 Å². The highest BCUT2D eigenvalue weighted by molar-refractivity contribution is 5.92. The summed E-state index contributed by atoms with van der Waals surface area (Å²) >= 11 is 0. The maximum absolute atomic E-state index is 12.9. The SMILES string of the molecule is CC1CCCCC1N(C)C(=O)c1ccc(=O)n(Cc2ccccc2)n1. The van der Waals surface area contributed by atoms with Gasteiger partial charge in [-0.2, -0.15) is 5.10 Å². The third kappa shape index (κ3) is 3.98. The molecule has 1 aliphatic rings. The Labute approximate surface area is 148 Å². The summed E-state index contributed by atoms with van der Waals surface area (Å²) in [6.45, 7) is 2.57. The molecule has 5 heteroatoms. The maximum Gasteiger partial charge on any atom is 0.274 e. The van der Waals surface area contributed by atoms with Crippen LogP contribution >= 0.6 is 0 Å². The van der Waals surface area contributed by atoms with Crippen molar-refractivity contribution in [2.45, 2.75) is 45.2 Å². The standard InChI is InChI=1S/C20H25N3O2/c1-15-8-6-7-11-18(15)22(2)20(25)17-12-13-19(24)23(21-17)14-16-9-4-3-5-10-16/h3-5,9-10,12-13,15,18H,6-8,11,14H2,1-2H3. The molecule has 0 saturated heterocycles. The maximum atomic E-state index is 12.9. The van der Waals surface area contributed by atoms with Gasteiger partial charge in [-0.3, -0.25) is 9.59 Å². The molecule has 1 aliphatic carbocycles. The Hall–Kier alpha value is -2.43. The van der Waals surface area contributed by atoms with E-state index in [1.807, 2.05) is 42.3 Å². The molecule has 1 saturated carbocycles. The lowest BCUT2D eigenvalue weighted by molar-refractivity contribution is 0.0620. The van der Waals surface area contributed by atoms with E-state index in [2.05, 4.69) is 12.0 Å². The predicted molar refractivity (Wildman–Crippen MR) is 97.6 cm³/mol. The Morgan fingerprint density at radius 3 is 2.60 bits per heavy atom. The van der Waals surface area contributed by atoms with E-state index in [1.54, 1.807) is 0 Å². The zero-order chi connectivity index (χ0) is 17.8. The second-order valence-corrected chi connectivity index (χ2v) is 6.95. The number of hydrogen-bond acceptors (Lipinski definition) is 3. The van der Waals surface area contributed by atoms with Crippen molar-refractivity contribution in [2.24, 2.45) is 5.92 Å². The molecule has 5 nitrogen and oxygen atoms in total. The largest absolute Gasteiger partial charge is 0.337 e. The first-order valence-corrected chi connectivity index (χ1v) is 8.95. The first-order valence-electron chi connectivity index (χ1n) is 8.95. The molecule has 1 heterocycles. The molecule has 2 unspecified atom stereocenters. The molecule has 1 fully saturated rings. The van der Waals surface area contributed by atoms with Crippen molar-refractivity contribution in [3.63, 3.8) is 0 Å². The molecule has 25 heavy (non-hydrogen) atoms. The van der Waals surface area contributed by atoms with Gasteiger partial charge in [-0.25, -0.2) is 4.68 Å². The first-order chi connectivity index (χ1) is 12.1. The first kappa shape index (κ1) is 17.4. The Morgan fingerprint density at radius 1 is 1.16 bits per heavy atom. The van der Waals surface area contributed by atoms with Gasteiger partial charge in [-0.1, -0.05) is 50.1 Å². The molecule has 132 valence electrons. The highest BCUT2D eigenvalue weighted by Crippen LogP contribution is 2.27. The van der Waals surface area contributed by atoms with Gasteiger partial charge in [0.2, 0.25) is 0 Å². The summed E-state index contributed by atoms with van der Waals surface area (Å²) in [6.07, 6.45) is 4.59. The van der Waals surface area contributed by atoms with Crippen LogP contribution in [0.2, 0.25) is 0 Å². The number of nitrogens with zero attached hydrogens (tertiary/aromatic N) is 3. The van der Waals surface area contributed by atoms with Crippen molar-refractivity contribution in [1.29, 1.82) is 0 Å². The lowest BCUT2D eigenvalue weighted by atomic mass is 9.85. The van der Waals surface area contributed by atoms with Crippen LogP contribution in [0.25, 0.3) is 0 Å². The molecule has 1 amide bonds. The number of carbonyl (C=O) groups is 1. The van der Waals surface area contributed by atoms with Crippen molar-refractivity contribution in [3.05, 3.63) is 64.1 Å². The summed E-state index contributed by atoms with van der Waals surface area (Å²) < 4.78 is 1.36. The molecule has 0 radical (unpaired) electrons. The van der Waals surface area contributed by atoms with Crippen molar-refractivity contribution in [1.82, 2.24) is 14.7 Å². The van der Waals surface area contributed by atoms with Gasteiger partial charge < -0.3 is 4.90 Å². The zero-order valence-electron chi connectivity index (χ0n) is 14.9. The number of amides is 1. The summed E-state index contributed by atoms with van der Waals surface area (Å²) in [4.78, 5) is 26.8. The molecular formula is C20H25N3O2. The van der Waals surface area contributed by atoms with E-state index < -0.39 is 0 Å². The zero-order valence-corrected chi connectivity index (χ0v) is 14.9. The normalized spacial score (nSPS) is 20.2. The lowest BCUT2D eigenvalue weighted by Gasteiger charge is -2.36. The Morgan fingerprint density at radius 2 is 1.88 bits per heavy atom. The molecule has 3 rings (SSSR count). The van der Waals surface area contributed by atoms with E-state index in [0.717, 1.165) is 24.8 Å². The summed E-state index contributed by atoms with van der Waals surface area (Å²) in [5.74, 6) is 0.387. The topological polar surface area (TPSA) is 55.2 Å². The van der Waals surface area contributed by atoms with Crippen molar-refractivity contribution < 1.29 is 4.79 Å². The fraction of sp³-hybridized carbons (Fsp3) is 0.450. The average Bonchev–Trinajstić information content (AvgIpc) is 2.64. The second-order valence-electron chi connectivity index (χ2n) is 6.95. The lowest BCUT2D eigenvalue weighted by Crippen LogP contribution is -2.43. The monoisotopic (exact) mass is 339 g/mol. The third-order valence-electron chi connectivity index (χ3n) is 5.14. The fourth-order valence-electron chi connectivity index (χ4n) is 3.64. The van der Waals surface area contributed by atoms with E-state index in [9.17, 15) is 9.59 Å². The van der Waals surface area contributed by atoms with Crippen LogP contribution in [0.15, 0.2) is 47.3 Å². The van der Waals surface area contributed by atoms with Crippen LogP contribution in [0.1, 0.15) is 48.7 Å². The Balaban J connectivity index is 1.81. The van der Waals surface area contributed by atoms with Crippen LogP contribution in [0.5, 0.6) is 0 Å². The summed E-state index contributed by atoms with van der Waals surface area (Å²) in [7, 11) is 1.85. The molecule has 2 aromatic rings. The molecule has 0 spiro atoms. The van der Waals surface area contributed by atoms with Crippen LogP contribution in [-0.4, -0.2) is 33.7 Å². The minimum absolute atomic E-state index is 0.111. The van der Waals surface area contributed by atoms with E-state index in [4.69, 9.17) is 0 Å².